The Kier molecular flexibility index (Phi) is 4.55. The maximum absolute atomic E-state index is 5.14. The van der Waals surface area contributed by atoms with E-state index in [1.807, 2.05) is 0 Å². The van der Waals surface area contributed by atoms with Crippen molar-refractivity contribution in [1.29, 1.82) is 0 Å². The lowest BCUT2D eigenvalue weighted by atomic mass is 9.77. The highest BCUT2D eigenvalue weighted by molar-refractivity contribution is 14.1. The second kappa shape index (κ2) is 7.21. The zero-order valence-electron chi connectivity index (χ0n) is 15.6. The molecule has 0 aliphatic heterocycles. The van der Waals surface area contributed by atoms with Gasteiger partial charge in [-0.3, -0.25) is 0 Å². The van der Waals surface area contributed by atoms with Crippen LogP contribution >= 0.6 is 22.6 Å². The van der Waals surface area contributed by atoms with Gasteiger partial charge in [-0.2, -0.15) is 5.10 Å². The molecule has 0 N–H and O–H groups in total. The summed E-state index contributed by atoms with van der Waals surface area (Å²) in [7, 11) is 0. The van der Waals surface area contributed by atoms with Gasteiger partial charge in [0.1, 0.15) is 9.24 Å². The first-order valence-electron chi connectivity index (χ1n) is 9.75. The smallest absolute Gasteiger partial charge is 0.138 e. The molecule has 2 nitrogen and oxygen atoms in total. The maximum atomic E-state index is 5.14. The summed E-state index contributed by atoms with van der Waals surface area (Å²) in [5.41, 5.74) is 6.03. The van der Waals surface area contributed by atoms with Crippen LogP contribution in [0.15, 0.2) is 91.0 Å². The molecule has 0 fully saturated rings. The Labute approximate surface area is 179 Å². The van der Waals surface area contributed by atoms with Crippen LogP contribution < -0.4 is 0 Å². The molecular formula is C25H21IN2. The fourth-order valence-corrected chi connectivity index (χ4v) is 5.37. The molecule has 1 aromatic heterocycles. The summed E-state index contributed by atoms with van der Waals surface area (Å²) in [4.78, 5) is 0. The predicted octanol–water partition coefficient (Wildman–Crippen LogP) is 5.82. The van der Waals surface area contributed by atoms with Gasteiger partial charge in [-0.05, 0) is 58.5 Å². The largest absolute Gasteiger partial charge is 0.249 e. The van der Waals surface area contributed by atoms with Crippen molar-refractivity contribution in [2.75, 3.05) is 0 Å². The molecule has 0 bridgehead atoms. The highest BCUT2D eigenvalue weighted by Gasteiger charge is 2.42. The van der Waals surface area contributed by atoms with E-state index in [0.29, 0.717) is 0 Å². The second-order valence-corrected chi connectivity index (χ2v) is 8.31. The van der Waals surface area contributed by atoms with Gasteiger partial charge in [-0.25, -0.2) is 4.68 Å². The number of aromatic nitrogens is 2. The lowest BCUT2D eigenvalue weighted by Gasteiger charge is -2.37. The highest BCUT2D eigenvalue weighted by atomic mass is 127. The second-order valence-electron chi connectivity index (χ2n) is 7.29. The topological polar surface area (TPSA) is 17.8 Å². The molecule has 4 aromatic rings. The molecule has 0 saturated heterocycles. The van der Waals surface area contributed by atoms with Crippen molar-refractivity contribution in [3.05, 3.63) is 123 Å². The summed E-state index contributed by atoms with van der Waals surface area (Å²) in [5, 5.41) is 5.14. The van der Waals surface area contributed by atoms with E-state index in [1.54, 1.807) is 0 Å². The van der Waals surface area contributed by atoms with Gasteiger partial charge in [0.25, 0.3) is 0 Å². The Morgan fingerprint density at radius 2 is 1.14 bits per heavy atom. The van der Waals surface area contributed by atoms with Crippen molar-refractivity contribution in [1.82, 2.24) is 9.78 Å². The van der Waals surface area contributed by atoms with Gasteiger partial charge in [0, 0.05) is 11.3 Å². The van der Waals surface area contributed by atoms with E-state index in [1.165, 1.54) is 34.4 Å². The molecule has 1 heterocycles. The zero-order valence-corrected chi connectivity index (χ0v) is 17.7. The van der Waals surface area contributed by atoms with Gasteiger partial charge in [-0.1, -0.05) is 91.0 Å². The van der Waals surface area contributed by atoms with Gasteiger partial charge >= 0.3 is 0 Å². The molecule has 0 unspecified atom stereocenters. The van der Waals surface area contributed by atoms with Crippen molar-refractivity contribution < 1.29 is 0 Å². The standard InChI is InChI=1S/C25H21IN2/c26-24-22-17-10-18-23(22)28(27-24)25(19-11-4-1-5-12-19,20-13-6-2-7-14-20)21-15-8-3-9-16-21/h1-9,11-16H,10,17-18H2. The normalized spacial score (nSPS) is 13.5. The van der Waals surface area contributed by atoms with Crippen LogP contribution in [0.4, 0.5) is 0 Å². The van der Waals surface area contributed by atoms with E-state index in [9.17, 15) is 0 Å². The molecule has 3 heteroatoms. The minimum absolute atomic E-state index is 0.484. The molecule has 0 saturated carbocycles. The lowest BCUT2D eigenvalue weighted by Crippen LogP contribution is -2.39. The van der Waals surface area contributed by atoms with E-state index in [-0.39, 0.29) is 0 Å². The molecule has 5 rings (SSSR count). The number of nitrogens with zero attached hydrogens (tertiary/aromatic N) is 2. The Morgan fingerprint density at radius 1 is 0.679 bits per heavy atom. The van der Waals surface area contributed by atoms with E-state index in [2.05, 4.69) is 118 Å². The Balaban J connectivity index is 1.93. The van der Waals surface area contributed by atoms with Crippen molar-refractivity contribution in [3.8, 4) is 0 Å². The molecule has 0 atom stereocenters. The van der Waals surface area contributed by atoms with E-state index in [0.717, 1.165) is 16.5 Å². The van der Waals surface area contributed by atoms with E-state index >= 15 is 0 Å². The van der Waals surface area contributed by atoms with Crippen molar-refractivity contribution in [3.63, 3.8) is 0 Å². The van der Waals surface area contributed by atoms with E-state index < -0.39 is 5.54 Å². The lowest BCUT2D eigenvalue weighted by molar-refractivity contribution is 0.441. The number of hydrogen-bond acceptors (Lipinski definition) is 1. The Bertz CT molecular complexity index is 989. The number of benzene rings is 3. The third kappa shape index (κ3) is 2.64. The average molecular weight is 476 g/mol. The third-order valence-electron chi connectivity index (χ3n) is 5.77. The van der Waals surface area contributed by atoms with Gasteiger partial charge in [0.2, 0.25) is 0 Å². The maximum Gasteiger partial charge on any atom is 0.138 e. The summed E-state index contributed by atoms with van der Waals surface area (Å²) in [6, 6.07) is 32.4. The Hall–Kier alpha value is -2.40. The molecule has 0 spiro atoms. The first-order valence-corrected chi connectivity index (χ1v) is 10.8. The summed E-state index contributed by atoms with van der Waals surface area (Å²) in [5.74, 6) is 0. The van der Waals surface area contributed by atoms with Crippen LogP contribution in [-0.2, 0) is 18.4 Å². The highest BCUT2D eigenvalue weighted by Crippen LogP contribution is 2.43. The van der Waals surface area contributed by atoms with Crippen LogP contribution in [0.3, 0.4) is 0 Å². The number of hydrogen-bond donors (Lipinski definition) is 0. The van der Waals surface area contributed by atoms with Gasteiger partial charge < -0.3 is 0 Å². The molecule has 0 amide bonds. The number of fused-ring (bicyclic) bond motifs is 1. The fourth-order valence-electron chi connectivity index (χ4n) is 4.57. The van der Waals surface area contributed by atoms with Crippen LogP contribution in [-0.4, -0.2) is 9.78 Å². The zero-order chi connectivity index (χ0) is 19.0. The molecule has 0 radical (unpaired) electrons. The van der Waals surface area contributed by atoms with Crippen LogP contribution in [0, 0.1) is 3.70 Å². The third-order valence-corrected chi connectivity index (χ3v) is 6.64. The van der Waals surface area contributed by atoms with Gasteiger partial charge in [0.15, 0.2) is 0 Å². The summed E-state index contributed by atoms with van der Waals surface area (Å²) in [6.45, 7) is 0. The minimum atomic E-state index is -0.484. The average Bonchev–Trinajstić information content (AvgIpc) is 3.36. The number of halogens is 1. The first kappa shape index (κ1) is 17.7. The molecule has 3 aromatic carbocycles. The van der Waals surface area contributed by atoms with Crippen molar-refractivity contribution in [2.24, 2.45) is 0 Å². The molecule has 1 aliphatic carbocycles. The molecular weight excluding hydrogens is 455 g/mol. The molecule has 1 aliphatic rings. The monoisotopic (exact) mass is 476 g/mol. The summed E-state index contributed by atoms with van der Waals surface area (Å²) >= 11 is 2.41. The van der Waals surface area contributed by atoms with Crippen molar-refractivity contribution >= 4 is 22.6 Å². The number of rotatable bonds is 4. The molecule has 138 valence electrons. The van der Waals surface area contributed by atoms with Crippen LogP contribution in [0.25, 0.3) is 0 Å². The fraction of sp³-hybridized carbons (Fsp3) is 0.160. The first-order chi connectivity index (χ1) is 13.8. The summed E-state index contributed by atoms with van der Waals surface area (Å²) in [6.07, 6.45) is 3.42. The summed E-state index contributed by atoms with van der Waals surface area (Å²) < 4.78 is 3.45. The van der Waals surface area contributed by atoms with E-state index in [4.69, 9.17) is 5.10 Å². The predicted molar refractivity (Wildman–Crippen MR) is 122 cm³/mol. The van der Waals surface area contributed by atoms with Crippen LogP contribution in [0.5, 0.6) is 0 Å². The quantitative estimate of drug-likeness (QED) is 0.268. The SMILES string of the molecule is Ic1nn(C(c2ccccc2)(c2ccccc2)c2ccccc2)c2c1CCC2. The van der Waals surface area contributed by atoms with Crippen LogP contribution in [0.2, 0.25) is 0 Å². The van der Waals surface area contributed by atoms with Crippen LogP contribution in [0.1, 0.15) is 34.4 Å². The minimum Gasteiger partial charge on any atom is -0.249 e. The Morgan fingerprint density at radius 3 is 1.61 bits per heavy atom. The van der Waals surface area contributed by atoms with Gasteiger partial charge in [0.05, 0.1) is 0 Å². The molecule has 28 heavy (non-hydrogen) atoms. The van der Waals surface area contributed by atoms with Crippen molar-refractivity contribution in [2.45, 2.75) is 24.8 Å². The van der Waals surface area contributed by atoms with Gasteiger partial charge in [-0.15, -0.1) is 0 Å².